The number of nitrogens with one attached hydrogen (secondary N) is 1. The summed E-state index contributed by atoms with van der Waals surface area (Å²) in [5, 5.41) is 2.57. The Hall–Kier alpha value is -2.20. The Labute approximate surface area is 109 Å². The van der Waals surface area contributed by atoms with Crippen molar-refractivity contribution in [1.29, 1.82) is 0 Å². The Morgan fingerprint density at radius 3 is 2.44 bits per heavy atom. The number of ketones is 1. The lowest BCUT2D eigenvalue weighted by Crippen LogP contribution is -2.23. The number of benzene rings is 1. The number of pyridine rings is 1. The van der Waals surface area contributed by atoms with Crippen molar-refractivity contribution in [2.75, 3.05) is 5.32 Å². The largest absolute Gasteiger partial charge is 0.316 e. The molecule has 0 unspecified atom stereocenters. The second kappa shape index (κ2) is 5.42. The third-order valence-corrected chi connectivity index (χ3v) is 2.55. The summed E-state index contributed by atoms with van der Waals surface area (Å²) < 4.78 is 0. The van der Waals surface area contributed by atoms with Gasteiger partial charge in [0.2, 0.25) is 0 Å². The molecule has 0 bridgehead atoms. The van der Waals surface area contributed by atoms with Crippen LogP contribution in [0.1, 0.15) is 10.4 Å². The summed E-state index contributed by atoms with van der Waals surface area (Å²) in [4.78, 5) is 27.3. The summed E-state index contributed by atoms with van der Waals surface area (Å²) >= 11 is 5.78. The number of hydrogen-bond donors (Lipinski definition) is 1. The fraction of sp³-hybridized carbons (Fsp3) is 0. The third-order valence-electron chi connectivity index (χ3n) is 2.25. The van der Waals surface area contributed by atoms with Crippen molar-refractivity contribution in [3.8, 4) is 0 Å². The molecule has 1 aromatic carbocycles. The molecule has 1 aromatic heterocycles. The second-order valence-electron chi connectivity index (χ2n) is 3.49. The highest BCUT2D eigenvalue weighted by Crippen LogP contribution is 2.17. The first-order chi connectivity index (χ1) is 8.68. The highest BCUT2D eigenvalue weighted by atomic mass is 35.5. The van der Waals surface area contributed by atoms with E-state index in [2.05, 4.69) is 10.3 Å². The topological polar surface area (TPSA) is 59.1 Å². The van der Waals surface area contributed by atoms with Gasteiger partial charge in [0.15, 0.2) is 5.15 Å². The maximum Gasteiger partial charge on any atom is 0.296 e. The van der Waals surface area contributed by atoms with Gasteiger partial charge in [0.25, 0.3) is 11.7 Å². The first kappa shape index (κ1) is 12.3. The number of hydrogen-bond acceptors (Lipinski definition) is 3. The monoisotopic (exact) mass is 260 g/mol. The van der Waals surface area contributed by atoms with Crippen LogP contribution in [0.5, 0.6) is 0 Å². The minimum absolute atomic E-state index is 0.145. The van der Waals surface area contributed by atoms with E-state index < -0.39 is 11.7 Å². The highest BCUT2D eigenvalue weighted by Gasteiger charge is 2.16. The van der Waals surface area contributed by atoms with Crippen molar-refractivity contribution in [1.82, 2.24) is 4.98 Å². The minimum atomic E-state index is -0.740. The molecule has 5 heteroatoms. The Balaban J connectivity index is 2.14. The van der Waals surface area contributed by atoms with Gasteiger partial charge in [-0.1, -0.05) is 41.9 Å². The van der Waals surface area contributed by atoms with Gasteiger partial charge in [-0.05, 0) is 12.1 Å². The number of halogens is 1. The molecule has 4 nitrogen and oxygen atoms in total. The van der Waals surface area contributed by atoms with Gasteiger partial charge in [0.1, 0.15) is 0 Å². The molecule has 0 saturated heterocycles. The van der Waals surface area contributed by atoms with Gasteiger partial charge >= 0.3 is 0 Å². The Morgan fingerprint density at radius 2 is 1.78 bits per heavy atom. The van der Waals surface area contributed by atoms with Crippen LogP contribution in [0.4, 0.5) is 5.69 Å². The molecule has 0 radical (unpaired) electrons. The number of nitrogens with zero attached hydrogens (tertiary/aromatic N) is 1. The molecule has 1 amide bonds. The van der Waals surface area contributed by atoms with Crippen LogP contribution in [0.2, 0.25) is 5.15 Å². The standard InChI is InChI=1S/C13H9ClN2O2/c14-12-10(7-4-8-15-12)16-13(18)11(17)9-5-2-1-3-6-9/h1-8H,(H,16,18). The molecule has 0 aliphatic rings. The lowest BCUT2D eigenvalue weighted by Gasteiger charge is -2.05. The average molecular weight is 261 g/mol. The molecule has 90 valence electrons. The second-order valence-corrected chi connectivity index (χ2v) is 3.85. The lowest BCUT2D eigenvalue weighted by molar-refractivity contribution is -0.112. The van der Waals surface area contributed by atoms with E-state index in [1.165, 1.54) is 6.20 Å². The zero-order valence-electron chi connectivity index (χ0n) is 9.26. The van der Waals surface area contributed by atoms with E-state index in [-0.39, 0.29) is 5.15 Å². The molecule has 0 spiro atoms. The van der Waals surface area contributed by atoms with Crippen molar-refractivity contribution in [3.05, 3.63) is 59.4 Å². The molecule has 2 aromatic rings. The van der Waals surface area contributed by atoms with Gasteiger partial charge in [0.05, 0.1) is 5.69 Å². The van der Waals surface area contributed by atoms with E-state index in [4.69, 9.17) is 11.6 Å². The zero-order valence-corrected chi connectivity index (χ0v) is 10.0. The van der Waals surface area contributed by atoms with Gasteiger partial charge in [-0.25, -0.2) is 4.98 Å². The molecule has 0 fully saturated rings. The smallest absolute Gasteiger partial charge is 0.296 e. The molecule has 1 heterocycles. The van der Waals surface area contributed by atoms with Crippen LogP contribution in [0.15, 0.2) is 48.7 Å². The van der Waals surface area contributed by atoms with Crippen molar-refractivity contribution in [2.45, 2.75) is 0 Å². The van der Waals surface area contributed by atoms with Gasteiger partial charge < -0.3 is 5.32 Å². The third kappa shape index (κ3) is 2.73. The minimum Gasteiger partial charge on any atom is -0.316 e. The predicted molar refractivity (Wildman–Crippen MR) is 68.6 cm³/mol. The van der Waals surface area contributed by atoms with E-state index in [0.29, 0.717) is 11.3 Å². The van der Waals surface area contributed by atoms with Crippen LogP contribution in [0, 0.1) is 0 Å². The SMILES string of the molecule is O=C(Nc1cccnc1Cl)C(=O)c1ccccc1. The lowest BCUT2D eigenvalue weighted by atomic mass is 10.1. The van der Waals surface area contributed by atoms with Crippen molar-refractivity contribution in [2.24, 2.45) is 0 Å². The van der Waals surface area contributed by atoms with Crippen LogP contribution >= 0.6 is 11.6 Å². The summed E-state index contributed by atoms with van der Waals surface area (Å²) in [7, 11) is 0. The van der Waals surface area contributed by atoms with E-state index in [1.807, 2.05) is 0 Å². The fourth-order valence-corrected chi connectivity index (χ4v) is 1.55. The molecule has 0 aliphatic heterocycles. The van der Waals surface area contributed by atoms with Gasteiger partial charge in [-0.2, -0.15) is 0 Å². The highest BCUT2D eigenvalue weighted by molar-refractivity contribution is 6.47. The summed E-state index contributed by atoms with van der Waals surface area (Å²) in [6.07, 6.45) is 1.50. The Bertz CT molecular complexity index is 585. The number of Topliss-reactive ketones (excluding diaryl/α,β-unsaturated/α-hetero) is 1. The molecule has 0 saturated carbocycles. The van der Waals surface area contributed by atoms with Crippen LogP contribution < -0.4 is 5.32 Å². The maximum absolute atomic E-state index is 11.8. The average Bonchev–Trinajstić information content (AvgIpc) is 2.41. The molecule has 18 heavy (non-hydrogen) atoms. The first-order valence-electron chi connectivity index (χ1n) is 5.20. The fourth-order valence-electron chi connectivity index (χ4n) is 1.38. The Kier molecular flexibility index (Phi) is 3.69. The number of aromatic nitrogens is 1. The number of carbonyl (C=O) groups is 2. The van der Waals surface area contributed by atoms with E-state index in [9.17, 15) is 9.59 Å². The van der Waals surface area contributed by atoms with E-state index >= 15 is 0 Å². The molecule has 2 rings (SSSR count). The Morgan fingerprint density at radius 1 is 1.06 bits per heavy atom. The van der Waals surface area contributed by atoms with Gasteiger partial charge in [-0.15, -0.1) is 0 Å². The molecular weight excluding hydrogens is 252 g/mol. The van der Waals surface area contributed by atoms with Crippen molar-refractivity contribution in [3.63, 3.8) is 0 Å². The van der Waals surface area contributed by atoms with Crippen molar-refractivity contribution >= 4 is 29.0 Å². The number of amides is 1. The van der Waals surface area contributed by atoms with E-state index in [1.54, 1.807) is 42.5 Å². The van der Waals surface area contributed by atoms with Gasteiger partial charge in [0, 0.05) is 11.8 Å². The number of carbonyl (C=O) groups excluding carboxylic acids is 2. The zero-order chi connectivity index (χ0) is 13.0. The quantitative estimate of drug-likeness (QED) is 0.524. The van der Waals surface area contributed by atoms with Crippen LogP contribution in [-0.4, -0.2) is 16.7 Å². The summed E-state index contributed by atoms with van der Waals surface area (Å²) in [6.45, 7) is 0. The molecule has 0 atom stereocenters. The van der Waals surface area contributed by atoms with Crippen molar-refractivity contribution < 1.29 is 9.59 Å². The summed E-state index contributed by atoms with van der Waals surface area (Å²) in [6, 6.07) is 11.5. The van der Waals surface area contributed by atoms with Crippen LogP contribution in [0.25, 0.3) is 0 Å². The molecular formula is C13H9ClN2O2. The normalized spacial score (nSPS) is 9.83. The van der Waals surface area contributed by atoms with Crippen LogP contribution in [0.3, 0.4) is 0 Å². The maximum atomic E-state index is 11.8. The summed E-state index contributed by atoms with van der Waals surface area (Å²) in [5.74, 6) is -1.35. The first-order valence-corrected chi connectivity index (χ1v) is 5.57. The van der Waals surface area contributed by atoms with E-state index in [0.717, 1.165) is 0 Å². The van der Waals surface area contributed by atoms with Gasteiger partial charge in [-0.3, -0.25) is 9.59 Å². The molecule has 0 aliphatic carbocycles. The number of anilines is 1. The summed E-state index contributed by atoms with van der Waals surface area (Å²) in [5.41, 5.74) is 0.642. The molecule has 1 N–H and O–H groups in total. The predicted octanol–water partition coefficient (Wildman–Crippen LogP) is 2.56. The van der Waals surface area contributed by atoms with Crippen LogP contribution in [-0.2, 0) is 4.79 Å². The number of rotatable bonds is 3.